The van der Waals surface area contributed by atoms with Crippen LogP contribution in [0.2, 0.25) is 0 Å². The summed E-state index contributed by atoms with van der Waals surface area (Å²) in [6.45, 7) is 8.26. The molecule has 1 aliphatic rings. The van der Waals surface area contributed by atoms with Crippen molar-refractivity contribution < 1.29 is 4.79 Å². The van der Waals surface area contributed by atoms with Gasteiger partial charge in [0.2, 0.25) is 11.1 Å². The van der Waals surface area contributed by atoms with Crippen molar-refractivity contribution in [1.29, 1.82) is 0 Å². The number of nitrogens with two attached hydrogens (primary N) is 1. The van der Waals surface area contributed by atoms with Crippen molar-refractivity contribution in [1.82, 2.24) is 19.8 Å². The summed E-state index contributed by atoms with van der Waals surface area (Å²) in [7, 11) is 0. The molecule has 128 valence electrons. The minimum absolute atomic E-state index is 0.104. The van der Waals surface area contributed by atoms with E-state index in [2.05, 4.69) is 43.1 Å². The Morgan fingerprint density at radius 1 is 1.21 bits per heavy atom. The van der Waals surface area contributed by atoms with E-state index < -0.39 is 0 Å². The van der Waals surface area contributed by atoms with Crippen molar-refractivity contribution in [2.45, 2.75) is 37.8 Å². The fraction of sp³-hybridized carbons (Fsp3) is 0.471. The normalized spacial score (nSPS) is 14.5. The Hall–Kier alpha value is -2.02. The first-order valence-electron chi connectivity index (χ1n) is 8.08. The van der Waals surface area contributed by atoms with E-state index >= 15 is 0 Å². The van der Waals surface area contributed by atoms with Crippen LogP contribution in [0.5, 0.6) is 0 Å². The Morgan fingerprint density at radius 2 is 1.88 bits per heavy atom. The molecule has 1 aromatic heterocycles. The highest BCUT2D eigenvalue weighted by Gasteiger charge is 2.21. The van der Waals surface area contributed by atoms with E-state index in [1.165, 1.54) is 22.0 Å². The van der Waals surface area contributed by atoms with E-state index in [-0.39, 0.29) is 11.3 Å². The summed E-state index contributed by atoms with van der Waals surface area (Å²) in [6, 6.07) is 8.19. The van der Waals surface area contributed by atoms with Gasteiger partial charge >= 0.3 is 0 Å². The smallest absolute Gasteiger partial charge is 0.233 e. The molecule has 7 heteroatoms. The molecular formula is C17H23N5OS. The van der Waals surface area contributed by atoms with Gasteiger partial charge in [-0.25, -0.2) is 4.68 Å². The van der Waals surface area contributed by atoms with Gasteiger partial charge in [-0.05, 0) is 17.4 Å². The Bertz CT molecular complexity index is 728. The summed E-state index contributed by atoms with van der Waals surface area (Å²) in [6.07, 6.45) is 1.10. The first-order chi connectivity index (χ1) is 11.4. The third-order valence-corrected chi connectivity index (χ3v) is 5.14. The van der Waals surface area contributed by atoms with Gasteiger partial charge < -0.3 is 10.7 Å². The van der Waals surface area contributed by atoms with Crippen molar-refractivity contribution in [2.75, 3.05) is 24.7 Å². The number of nitrogen functional groups attached to an aromatic ring is 1. The number of thioether (sulfide) groups is 1. The number of amides is 1. The quantitative estimate of drug-likeness (QED) is 0.679. The number of likely N-dealkylation sites (tertiary alicyclic amines) is 1. The molecule has 3 rings (SSSR count). The summed E-state index contributed by atoms with van der Waals surface area (Å²) in [5, 5.41) is 8.85. The molecule has 0 radical (unpaired) electrons. The maximum Gasteiger partial charge on any atom is 0.233 e. The number of rotatable bonds is 4. The average molecular weight is 345 g/mol. The summed E-state index contributed by atoms with van der Waals surface area (Å²) in [5.41, 5.74) is 2.27. The SMILES string of the molecule is CC(C)(C)c1ccc(-c2nnc(SCC(=O)N3CCC3)n2N)cc1. The third kappa shape index (κ3) is 3.40. The fourth-order valence-electron chi connectivity index (χ4n) is 2.47. The Morgan fingerprint density at radius 3 is 2.42 bits per heavy atom. The molecule has 2 aromatic rings. The topological polar surface area (TPSA) is 77.0 Å². The lowest BCUT2D eigenvalue weighted by molar-refractivity contribution is -0.131. The van der Waals surface area contributed by atoms with Gasteiger partial charge in [0.1, 0.15) is 0 Å². The molecule has 24 heavy (non-hydrogen) atoms. The second kappa shape index (κ2) is 6.47. The lowest BCUT2D eigenvalue weighted by Gasteiger charge is -2.30. The lowest BCUT2D eigenvalue weighted by atomic mass is 9.87. The van der Waals surface area contributed by atoms with Crippen molar-refractivity contribution in [3.8, 4) is 11.4 Å². The molecule has 0 bridgehead atoms. The average Bonchev–Trinajstić information content (AvgIpc) is 2.83. The van der Waals surface area contributed by atoms with E-state index in [0.29, 0.717) is 16.7 Å². The van der Waals surface area contributed by atoms with E-state index in [0.717, 1.165) is 25.1 Å². The highest BCUT2D eigenvalue weighted by Crippen LogP contribution is 2.26. The van der Waals surface area contributed by atoms with Crippen LogP contribution in [-0.2, 0) is 10.2 Å². The van der Waals surface area contributed by atoms with Crippen LogP contribution in [-0.4, -0.2) is 44.5 Å². The van der Waals surface area contributed by atoms with Gasteiger partial charge in [0.25, 0.3) is 0 Å². The zero-order chi connectivity index (χ0) is 17.3. The maximum atomic E-state index is 11.9. The molecule has 1 amide bonds. The van der Waals surface area contributed by atoms with Crippen LogP contribution >= 0.6 is 11.8 Å². The standard InChI is InChI=1S/C17H23N5OS/c1-17(2,3)13-7-5-12(6-8-13)15-19-20-16(22(15)18)24-11-14(23)21-9-4-10-21/h5-8H,4,9-11,18H2,1-3H3. The second-order valence-electron chi connectivity index (χ2n) is 7.03. The number of carbonyl (C=O) groups is 1. The van der Waals surface area contributed by atoms with Gasteiger partial charge in [-0.3, -0.25) is 4.79 Å². The minimum atomic E-state index is 0.104. The van der Waals surface area contributed by atoms with E-state index in [1.807, 2.05) is 17.0 Å². The highest BCUT2D eigenvalue weighted by atomic mass is 32.2. The molecule has 0 unspecified atom stereocenters. The maximum absolute atomic E-state index is 11.9. The summed E-state index contributed by atoms with van der Waals surface area (Å²) in [5.74, 6) is 7.20. The number of nitrogens with zero attached hydrogens (tertiary/aromatic N) is 4. The fourth-order valence-corrected chi connectivity index (χ4v) is 3.23. The Labute approximate surface area is 146 Å². The molecule has 0 aliphatic carbocycles. The number of hydrogen-bond donors (Lipinski definition) is 1. The largest absolute Gasteiger partial charge is 0.342 e. The van der Waals surface area contributed by atoms with Crippen molar-refractivity contribution in [2.24, 2.45) is 0 Å². The van der Waals surface area contributed by atoms with Gasteiger partial charge in [-0.15, -0.1) is 10.2 Å². The van der Waals surface area contributed by atoms with Gasteiger partial charge in [0, 0.05) is 18.7 Å². The molecule has 0 spiro atoms. The van der Waals surface area contributed by atoms with Crippen molar-refractivity contribution in [3.63, 3.8) is 0 Å². The molecule has 2 N–H and O–H groups in total. The highest BCUT2D eigenvalue weighted by molar-refractivity contribution is 7.99. The monoisotopic (exact) mass is 345 g/mol. The van der Waals surface area contributed by atoms with E-state index in [1.54, 1.807) is 0 Å². The predicted octanol–water partition coefficient (Wildman–Crippen LogP) is 2.28. The Kier molecular flexibility index (Phi) is 4.54. The molecule has 1 aromatic carbocycles. The van der Waals surface area contributed by atoms with Gasteiger partial charge in [0.05, 0.1) is 5.75 Å². The summed E-state index contributed by atoms with van der Waals surface area (Å²) in [4.78, 5) is 13.8. The van der Waals surface area contributed by atoms with Crippen molar-refractivity contribution in [3.05, 3.63) is 29.8 Å². The molecular weight excluding hydrogens is 322 g/mol. The van der Waals surface area contributed by atoms with Crippen LogP contribution in [0.1, 0.15) is 32.8 Å². The number of hydrogen-bond acceptors (Lipinski definition) is 5. The summed E-state index contributed by atoms with van der Waals surface area (Å²) < 4.78 is 1.46. The zero-order valence-corrected chi connectivity index (χ0v) is 15.1. The van der Waals surface area contributed by atoms with Crippen LogP contribution in [0.15, 0.2) is 29.4 Å². The number of carbonyl (C=O) groups excluding carboxylic acids is 1. The first-order valence-corrected chi connectivity index (χ1v) is 9.07. The summed E-state index contributed by atoms with van der Waals surface area (Å²) >= 11 is 1.33. The Balaban J connectivity index is 1.71. The number of aromatic nitrogens is 3. The molecule has 1 fully saturated rings. The minimum Gasteiger partial charge on any atom is -0.342 e. The van der Waals surface area contributed by atoms with E-state index in [4.69, 9.17) is 5.84 Å². The molecule has 0 atom stereocenters. The first kappa shape index (κ1) is 16.8. The van der Waals surface area contributed by atoms with Crippen LogP contribution in [0.4, 0.5) is 0 Å². The molecule has 2 heterocycles. The van der Waals surface area contributed by atoms with Crippen LogP contribution in [0, 0.1) is 0 Å². The zero-order valence-electron chi connectivity index (χ0n) is 14.3. The molecule has 1 aliphatic heterocycles. The van der Waals surface area contributed by atoms with Gasteiger partial charge in [0.15, 0.2) is 5.82 Å². The molecule has 1 saturated heterocycles. The van der Waals surface area contributed by atoms with Gasteiger partial charge in [-0.2, -0.15) is 0 Å². The lowest BCUT2D eigenvalue weighted by Crippen LogP contribution is -2.43. The van der Waals surface area contributed by atoms with Crippen molar-refractivity contribution >= 4 is 17.7 Å². The second-order valence-corrected chi connectivity index (χ2v) is 7.97. The molecule has 6 nitrogen and oxygen atoms in total. The van der Waals surface area contributed by atoms with Crippen LogP contribution in [0.25, 0.3) is 11.4 Å². The van der Waals surface area contributed by atoms with Crippen LogP contribution in [0.3, 0.4) is 0 Å². The third-order valence-electron chi connectivity index (χ3n) is 4.21. The molecule has 0 saturated carbocycles. The van der Waals surface area contributed by atoms with E-state index in [9.17, 15) is 4.79 Å². The van der Waals surface area contributed by atoms with Crippen LogP contribution < -0.4 is 5.84 Å². The van der Waals surface area contributed by atoms with Gasteiger partial charge in [-0.1, -0.05) is 56.8 Å². The predicted molar refractivity (Wildman–Crippen MR) is 96.2 cm³/mol. The number of benzene rings is 1.